The molecule has 1 fully saturated rings. The summed E-state index contributed by atoms with van der Waals surface area (Å²) in [4.78, 5) is 11.4. The van der Waals surface area contributed by atoms with Gasteiger partial charge >= 0.3 is 0 Å². The molecular weight excluding hydrogens is 290 g/mol. The van der Waals surface area contributed by atoms with Crippen molar-refractivity contribution < 1.29 is 0 Å². The maximum atomic E-state index is 4.62. The average Bonchev–Trinajstić information content (AvgIpc) is 2.77. The van der Waals surface area contributed by atoms with Crippen LogP contribution in [0.2, 0.25) is 0 Å². The van der Waals surface area contributed by atoms with E-state index in [1.807, 2.05) is 13.0 Å². The lowest BCUT2D eigenvalue weighted by molar-refractivity contribution is 0.530. The average molecular weight is 312 g/mol. The van der Waals surface area contributed by atoms with Crippen molar-refractivity contribution in [1.82, 2.24) is 9.97 Å². The molecule has 0 unspecified atom stereocenters. The van der Waals surface area contributed by atoms with Gasteiger partial charge in [0.1, 0.15) is 16.2 Å². The smallest absolute Gasteiger partial charge is 0.133 e. The van der Waals surface area contributed by atoms with Crippen molar-refractivity contribution in [3.8, 4) is 0 Å². The van der Waals surface area contributed by atoms with E-state index in [9.17, 15) is 0 Å². The molecule has 1 aliphatic rings. The zero-order chi connectivity index (χ0) is 13.1. The van der Waals surface area contributed by atoms with E-state index >= 15 is 0 Å². The summed E-state index contributed by atoms with van der Waals surface area (Å²) < 4.78 is 0.886. The normalized spacial score (nSPS) is 16.5. The van der Waals surface area contributed by atoms with E-state index in [-0.39, 0.29) is 0 Å². The van der Waals surface area contributed by atoms with Crippen LogP contribution >= 0.6 is 15.9 Å². The number of rotatable bonds is 4. The van der Waals surface area contributed by atoms with E-state index in [2.05, 4.69) is 44.6 Å². The molecule has 1 aliphatic carbocycles. The second kappa shape index (κ2) is 6.00. The fourth-order valence-corrected chi connectivity index (χ4v) is 3.16. The monoisotopic (exact) mass is 311 g/mol. The fourth-order valence-electron chi connectivity index (χ4n) is 2.70. The summed E-state index contributed by atoms with van der Waals surface area (Å²) in [5.74, 6) is 2.57. The maximum absolute atomic E-state index is 4.62. The van der Waals surface area contributed by atoms with Gasteiger partial charge in [-0.25, -0.2) is 9.97 Å². The molecule has 4 heteroatoms. The molecule has 1 aromatic heterocycles. The Morgan fingerprint density at radius 3 is 2.56 bits per heavy atom. The molecule has 0 radical (unpaired) electrons. The predicted octanol–water partition coefficient (Wildman–Crippen LogP) is 3.95. The van der Waals surface area contributed by atoms with Gasteiger partial charge in [0, 0.05) is 18.7 Å². The number of aryl methyl sites for hydroxylation is 1. The van der Waals surface area contributed by atoms with Crippen molar-refractivity contribution in [2.24, 2.45) is 5.92 Å². The Hall–Kier alpha value is -0.640. The van der Waals surface area contributed by atoms with Gasteiger partial charge in [0.25, 0.3) is 0 Å². The van der Waals surface area contributed by atoms with E-state index < -0.39 is 0 Å². The van der Waals surface area contributed by atoms with Crippen LogP contribution in [0.15, 0.2) is 10.7 Å². The molecule has 1 saturated carbocycles. The first-order chi connectivity index (χ1) is 8.56. The van der Waals surface area contributed by atoms with Gasteiger partial charge in [0.15, 0.2) is 0 Å². The Bertz CT molecular complexity index is 380. The van der Waals surface area contributed by atoms with Gasteiger partial charge < -0.3 is 4.90 Å². The second-order valence-electron chi connectivity index (χ2n) is 5.58. The van der Waals surface area contributed by atoms with Crippen LogP contribution in [0.5, 0.6) is 0 Å². The molecule has 2 rings (SSSR count). The molecule has 0 spiro atoms. The molecule has 0 saturated heterocycles. The zero-order valence-corrected chi connectivity index (χ0v) is 13.1. The van der Waals surface area contributed by atoms with E-state index in [1.54, 1.807) is 0 Å². The molecule has 1 aromatic rings. The topological polar surface area (TPSA) is 29.0 Å². The van der Waals surface area contributed by atoms with Gasteiger partial charge in [0.2, 0.25) is 0 Å². The minimum atomic E-state index is 0.652. The summed E-state index contributed by atoms with van der Waals surface area (Å²) in [7, 11) is 0. The molecule has 0 aliphatic heterocycles. The Morgan fingerprint density at radius 2 is 2.00 bits per heavy atom. The summed E-state index contributed by atoms with van der Waals surface area (Å²) in [6.07, 6.45) is 5.30. The lowest BCUT2D eigenvalue weighted by Gasteiger charge is -2.31. The highest BCUT2D eigenvalue weighted by molar-refractivity contribution is 9.10. The van der Waals surface area contributed by atoms with Crippen LogP contribution in [0.3, 0.4) is 0 Å². The van der Waals surface area contributed by atoms with Crippen LogP contribution in [0, 0.1) is 12.8 Å². The minimum absolute atomic E-state index is 0.652. The molecule has 0 atom stereocenters. The number of halogens is 1. The molecule has 0 bridgehead atoms. The highest BCUT2D eigenvalue weighted by Crippen LogP contribution is 2.29. The molecule has 100 valence electrons. The summed E-state index contributed by atoms with van der Waals surface area (Å²) in [5.41, 5.74) is 0. The number of nitrogens with zero attached hydrogens (tertiary/aromatic N) is 3. The second-order valence-corrected chi connectivity index (χ2v) is 6.39. The van der Waals surface area contributed by atoms with Crippen LogP contribution in [0.1, 0.15) is 45.4 Å². The van der Waals surface area contributed by atoms with E-state index in [0.717, 1.165) is 22.8 Å². The van der Waals surface area contributed by atoms with Crippen LogP contribution in [-0.4, -0.2) is 22.6 Å². The molecule has 0 amide bonds. The third kappa shape index (κ3) is 3.44. The highest BCUT2D eigenvalue weighted by Gasteiger charge is 2.24. The number of aromatic nitrogens is 2. The lowest BCUT2D eigenvalue weighted by atomic mass is 10.1. The van der Waals surface area contributed by atoms with E-state index in [0.29, 0.717) is 12.0 Å². The molecule has 3 nitrogen and oxygen atoms in total. The summed E-state index contributed by atoms with van der Waals surface area (Å²) in [6, 6.07) is 2.71. The number of hydrogen-bond acceptors (Lipinski definition) is 3. The van der Waals surface area contributed by atoms with Crippen LogP contribution < -0.4 is 4.90 Å². The SMILES string of the molecule is Cc1nc(Br)cc(N(CC(C)C)C2CCCC2)n1. The quantitative estimate of drug-likeness (QED) is 0.788. The van der Waals surface area contributed by atoms with Crippen molar-refractivity contribution in [2.45, 2.75) is 52.5 Å². The Labute approximate surface area is 118 Å². The highest BCUT2D eigenvalue weighted by atomic mass is 79.9. The maximum Gasteiger partial charge on any atom is 0.133 e. The van der Waals surface area contributed by atoms with Gasteiger partial charge in [-0.05, 0) is 41.6 Å². The molecular formula is C14H22BrN3. The molecule has 0 N–H and O–H groups in total. The standard InChI is InChI=1S/C14H22BrN3/c1-10(2)9-18(12-6-4-5-7-12)14-8-13(15)16-11(3)17-14/h8,10,12H,4-7,9H2,1-3H3. The van der Waals surface area contributed by atoms with Crippen molar-refractivity contribution in [2.75, 3.05) is 11.4 Å². The van der Waals surface area contributed by atoms with Gasteiger partial charge in [-0.3, -0.25) is 0 Å². The number of hydrogen-bond donors (Lipinski definition) is 0. The van der Waals surface area contributed by atoms with Gasteiger partial charge in [-0.1, -0.05) is 26.7 Å². The first kappa shape index (κ1) is 13.8. The molecule has 0 aromatic carbocycles. The fraction of sp³-hybridized carbons (Fsp3) is 0.714. The van der Waals surface area contributed by atoms with Gasteiger partial charge in [0.05, 0.1) is 0 Å². The van der Waals surface area contributed by atoms with Crippen LogP contribution in [0.4, 0.5) is 5.82 Å². The Balaban J connectivity index is 2.26. The minimum Gasteiger partial charge on any atom is -0.353 e. The third-order valence-electron chi connectivity index (χ3n) is 3.41. The van der Waals surface area contributed by atoms with E-state index in [4.69, 9.17) is 0 Å². The summed E-state index contributed by atoms with van der Waals surface area (Å²) in [5, 5.41) is 0. The first-order valence-corrected chi connectivity index (χ1v) is 7.63. The van der Waals surface area contributed by atoms with Gasteiger partial charge in [-0.15, -0.1) is 0 Å². The molecule has 18 heavy (non-hydrogen) atoms. The summed E-state index contributed by atoms with van der Waals surface area (Å²) >= 11 is 3.48. The number of anilines is 1. The summed E-state index contributed by atoms with van der Waals surface area (Å²) in [6.45, 7) is 7.57. The van der Waals surface area contributed by atoms with Crippen molar-refractivity contribution >= 4 is 21.7 Å². The van der Waals surface area contributed by atoms with E-state index in [1.165, 1.54) is 25.7 Å². The largest absolute Gasteiger partial charge is 0.353 e. The Morgan fingerprint density at radius 1 is 1.33 bits per heavy atom. The first-order valence-electron chi connectivity index (χ1n) is 6.84. The van der Waals surface area contributed by atoms with Crippen LogP contribution in [-0.2, 0) is 0 Å². The predicted molar refractivity (Wildman–Crippen MR) is 78.9 cm³/mol. The van der Waals surface area contributed by atoms with Crippen LogP contribution in [0.25, 0.3) is 0 Å². The zero-order valence-electron chi connectivity index (χ0n) is 11.5. The molecule has 1 heterocycles. The van der Waals surface area contributed by atoms with Crippen molar-refractivity contribution in [3.05, 3.63) is 16.5 Å². The van der Waals surface area contributed by atoms with Crippen molar-refractivity contribution in [1.29, 1.82) is 0 Å². The third-order valence-corrected chi connectivity index (χ3v) is 3.82. The van der Waals surface area contributed by atoms with Crippen molar-refractivity contribution in [3.63, 3.8) is 0 Å². The lowest BCUT2D eigenvalue weighted by Crippen LogP contribution is -2.37. The van der Waals surface area contributed by atoms with Gasteiger partial charge in [-0.2, -0.15) is 0 Å². The Kier molecular flexibility index (Phi) is 4.60.